The highest BCUT2D eigenvalue weighted by Crippen LogP contribution is 2.34. The van der Waals surface area contributed by atoms with Gasteiger partial charge in [-0.3, -0.25) is 9.36 Å². The van der Waals surface area contributed by atoms with Crippen LogP contribution < -0.4 is 5.56 Å². The molecule has 0 fully saturated rings. The first-order valence-corrected chi connectivity index (χ1v) is 10.0. The number of rotatable bonds is 6. The molecule has 3 heterocycles. The Morgan fingerprint density at radius 2 is 1.96 bits per heavy atom. The van der Waals surface area contributed by atoms with E-state index in [0.29, 0.717) is 34.2 Å². The van der Waals surface area contributed by atoms with E-state index in [4.69, 9.17) is 4.42 Å². The SMILES string of the molecule is CC(C)Cn1c(SC(C)c2nc3ccccc3c(=O)[nH]2)nnc1-c1ccco1. The molecule has 3 aromatic heterocycles. The van der Waals surface area contributed by atoms with Crippen LogP contribution in [0.2, 0.25) is 0 Å². The largest absolute Gasteiger partial charge is 0.461 e. The van der Waals surface area contributed by atoms with Crippen molar-refractivity contribution in [3.63, 3.8) is 0 Å². The Hall–Kier alpha value is -2.87. The van der Waals surface area contributed by atoms with Crippen LogP contribution in [0.5, 0.6) is 0 Å². The van der Waals surface area contributed by atoms with Gasteiger partial charge in [0.05, 0.1) is 22.4 Å². The molecule has 1 N–H and O–H groups in total. The van der Waals surface area contributed by atoms with Gasteiger partial charge in [-0.15, -0.1) is 10.2 Å². The topological polar surface area (TPSA) is 89.6 Å². The van der Waals surface area contributed by atoms with E-state index in [1.54, 1.807) is 12.3 Å². The number of para-hydroxylation sites is 1. The van der Waals surface area contributed by atoms with Gasteiger partial charge in [0.15, 0.2) is 16.7 Å². The highest BCUT2D eigenvalue weighted by atomic mass is 32.2. The average Bonchev–Trinajstić information content (AvgIpc) is 3.32. The maximum absolute atomic E-state index is 12.4. The number of aromatic nitrogens is 5. The van der Waals surface area contributed by atoms with Crippen LogP contribution in [-0.2, 0) is 6.54 Å². The third kappa shape index (κ3) is 3.60. The molecule has 1 unspecified atom stereocenters. The quantitative estimate of drug-likeness (QED) is 0.490. The molecule has 0 spiro atoms. The summed E-state index contributed by atoms with van der Waals surface area (Å²) in [5.41, 5.74) is 0.557. The molecular weight excluding hydrogens is 374 g/mol. The van der Waals surface area contributed by atoms with Crippen molar-refractivity contribution in [3.05, 3.63) is 58.8 Å². The second kappa shape index (κ2) is 7.63. The Kier molecular flexibility index (Phi) is 5.04. The lowest BCUT2D eigenvalue weighted by Gasteiger charge is -2.14. The smallest absolute Gasteiger partial charge is 0.258 e. The minimum atomic E-state index is -0.132. The number of benzene rings is 1. The van der Waals surface area contributed by atoms with Crippen molar-refractivity contribution in [2.75, 3.05) is 0 Å². The van der Waals surface area contributed by atoms with Crippen LogP contribution >= 0.6 is 11.8 Å². The molecule has 0 amide bonds. The second-order valence-corrected chi connectivity index (χ2v) is 8.32. The first kappa shape index (κ1) is 18.5. The third-order valence-electron chi connectivity index (χ3n) is 4.30. The summed E-state index contributed by atoms with van der Waals surface area (Å²) in [4.78, 5) is 19.9. The monoisotopic (exact) mass is 395 g/mol. The summed E-state index contributed by atoms with van der Waals surface area (Å²) in [6.07, 6.45) is 1.63. The summed E-state index contributed by atoms with van der Waals surface area (Å²) < 4.78 is 7.58. The minimum absolute atomic E-state index is 0.100. The van der Waals surface area contributed by atoms with Crippen molar-refractivity contribution in [1.29, 1.82) is 0 Å². The lowest BCUT2D eigenvalue weighted by molar-refractivity contribution is 0.489. The van der Waals surface area contributed by atoms with Crippen LogP contribution in [0, 0.1) is 5.92 Å². The van der Waals surface area contributed by atoms with Crippen LogP contribution in [0.25, 0.3) is 22.5 Å². The highest BCUT2D eigenvalue weighted by molar-refractivity contribution is 7.99. The third-order valence-corrected chi connectivity index (χ3v) is 5.39. The molecular formula is C20H21N5O2S. The summed E-state index contributed by atoms with van der Waals surface area (Å²) in [6.45, 7) is 7.05. The maximum Gasteiger partial charge on any atom is 0.258 e. The molecule has 8 heteroatoms. The lowest BCUT2D eigenvalue weighted by Crippen LogP contribution is -2.13. The molecule has 0 aliphatic heterocycles. The van der Waals surface area contributed by atoms with Crippen molar-refractivity contribution in [2.24, 2.45) is 5.92 Å². The molecule has 0 aliphatic rings. The number of aromatic amines is 1. The van der Waals surface area contributed by atoms with E-state index in [-0.39, 0.29) is 10.8 Å². The molecule has 0 saturated heterocycles. The zero-order valence-corrected chi connectivity index (χ0v) is 16.7. The zero-order valence-electron chi connectivity index (χ0n) is 15.9. The molecule has 0 bridgehead atoms. The number of nitrogens with one attached hydrogen (secondary N) is 1. The molecule has 0 aliphatic carbocycles. The number of furan rings is 1. The first-order chi connectivity index (χ1) is 13.5. The number of fused-ring (bicyclic) bond motifs is 1. The van der Waals surface area contributed by atoms with Gasteiger partial charge >= 0.3 is 0 Å². The number of H-pyrrole nitrogens is 1. The predicted octanol–water partition coefficient (Wildman–Crippen LogP) is 4.28. The lowest BCUT2D eigenvalue weighted by atomic mass is 10.2. The molecule has 1 atom stereocenters. The standard InChI is InChI=1S/C20H21N5O2S/c1-12(2)11-25-18(16-9-6-10-27-16)23-24-20(25)28-13(3)17-21-15-8-5-4-7-14(15)19(26)22-17/h4-10,12-13H,11H2,1-3H3,(H,21,22,26). The van der Waals surface area contributed by atoms with Gasteiger partial charge in [-0.25, -0.2) is 4.98 Å². The summed E-state index contributed by atoms with van der Waals surface area (Å²) in [6, 6.07) is 11.1. The van der Waals surface area contributed by atoms with Crippen LogP contribution in [0.3, 0.4) is 0 Å². The molecule has 0 radical (unpaired) electrons. The fraction of sp³-hybridized carbons (Fsp3) is 0.300. The fourth-order valence-electron chi connectivity index (χ4n) is 3.00. The van der Waals surface area contributed by atoms with Gasteiger partial charge in [0, 0.05) is 6.54 Å². The Labute approximate surface area is 166 Å². The van der Waals surface area contributed by atoms with Crippen LogP contribution in [-0.4, -0.2) is 24.7 Å². The van der Waals surface area contributed by atoms with E-state index in [1.807, 2.05) is 37.3 Å². The predicted molar refractivity (Wildman–Crippen MR) is 109 cm³/mol. The van der Waals surface area contributed by atoms with Crippen LogP contribution in [0.4, 0.5) is 0 Å². The molecule has 7 nitrogen and oxygen atoms in total. The van der Waals surface area contributed by atoms with E-state index in [1.165, 1.54) is 11.8 Å². The summed E-state index contributed by atoms with van der Waals surface area (Å²) in [5.74, 6) is 2.42. The van der Waals surface area contributed by atoms with Crippen molar-refractivity contribution in [2.45, 2.75) is 37.7 Å². The van der Waals surface area contributed by atoms with Crippen LogP contribution in [0.1, 0.15) is 31.8 Å². The van der Waals surface area contributed by atoms with E-state index < -0.39 is 0 Å². The molecule has 4 aromatic rings. The Balaban J connectivity index is 1.68. The van der Waals surface area contributed by atoms with E-state index in [2.05, 4.69) is 38.6 Å². The number of hydrogen-bond acceptors (Lipinski definition) is 6. The number of thioether (sulfide) groups is 1. The second-order valence-electron chi connectivity index (χ2n) is 7.02. The van der Waals surface area contributed by atoms with Gasteiger partial charge in [0.25, 0.3) is 5.56 Å². The molecule has 4 rings (SSSR count). The molecule has 28 heavy (non-hydrogen) atoms. The summed E-state index contributed by atoms with van der Waals surface area (Å²) in [7, 11) is 0. The average molecular weight is 395 g/mol. The molecule has 144 valence electrons. The van der Waals surface area contributed by atoms with Gasteiger partial charge in [0.2, 0.25) is 0 Å². The van der Waals surface area contributed by atoms with E-state index in [9.17, 15) is 4.79 Å². The van der Waals surface area contributed by atoms with Gasteiger partial charge in [-0.2, -0.15) is 0 Å². The van der Waals surface area contributed by atoms with Crippen molar-refractivity contribution in [1.82, 2.24) is 24.7 Å². The Bertz CT molecular complexity index is 1150. The Morgan fingerprint density at radius 1 is 1.14 bits per heavy atom. The fourth-order valence-corrected chi connectivity index (χ4v) is 3.92. The van der Waals surface area contributed by atoms with Crippen molar-refractivity contribution < 1.29 is 4.42 Å². The highest BCUT2D eigenvalue weighted by Gasteiger charge is 2.21. The van der Waals surface area contributed by atoms with Gasteiger partial charge < -0.3 is 9.40 Å². The van der Waals surface area contributed by atoms with E-state index in [0.717, 1.165) is 11.7 Å². The molecule has 1 aromatic carbocycles. The number of nitrogens with zero attached hydrogens (tertiary/aromatic N) is 4. The summed E-state index contributed by atoms with van der Waals surface area (Å²) >= 11 is 1.52. The normalized spacial score (nSPS) is 12.7. The van der Waals surface area contributed by atoms with Crippen molar-refractivity contribution in [3.8, 4) is 11.6 Å². The van der Waals surface area contributed by atoms with Gasteiger partial charge in [0.1, 0.15) is 5.82 Å². The summed E-state index contributed by atoms with van der Waals surface area (Å²) in [5, 5.41) is 9.96. The van der Waals surface area contributed by atoms with Gasteiger partial charge in [-0.05, 0) is 37.1 Å². The first-order valence-electron chi connectivity index (χ1n) is 9.15. The number of hydrogen-bond donors (Lipinski definition) is 1. The Morgan fingerprint density at radius 3 is 2.71 bits per heavy atom. The molecule has 0 saturated carbocycles. The zero-order chi connectivity index (χ0) is 19.7. The van der Waals surface area contributed by atoms with Crippen molar-refractivity contribution >= 4 is 22.7 Å². The van der Waals surface area contributed by atoms with Gasteiger partial charge in [-0.1, -0.05) is 37.7 Å². The van der Waals surface area contributed by atoms with E-state index >= 15 is 0 Å². The maximum atomic E-state index is 12.4. The van der Waals surface area contributed by atoms with Crippen LogP contribution in [0.15, 0.2) is 57.0 Å². The minimum Gasteiger partial charge on any atom is -0.461 e.